The van der Waals surface area contributed by atoms with Crippen LogP contribution in [-0.4, -0.2) is 76.9 Å². The molecule has 2 aliphatic heterocycles. The molecule has 2 aromatic rings. The van der Waals surface area contributed by atoms with Crippen LogP contribution in [0.15, 0.2) is 30.3 Å². The molecule has 8 heteroatoms. The molecular formula is C22H28N4O4. The molecular weight excluding hydrogens is 384 g/mol. The molecule has 0 radical (unpaired) electrons. The van der Waals surface area contributed by atoms with Crippen LogP contribution in [-0.2, 0) is 11.8 Å². The molecule has 1 aromatic carbocycles. The lowest BCUT2D eigenvalue weighted by Crippen LogP contribution is -2.40. The van der Waals surface area contributed by atoms with Crippen LogP contribution in [0.2, 0.25) is 0 Å². The van der Waals surface area contributed by atoms with E-state index >= 15 is 0 Å². The van der Waals surface area contributed by atoms with Crippen LogP contribution in [0.3, 0.4) is 0 Å². The van der Waals surface area contributed by atoms with Crippen molar-refractivity contribution in [2.45, 2.75) is 25.8 Å². The van der Waals surface area contributed by atoms with E-state index in [1.165, 1.54) is 0 Å². The molecule has 160 valence electrons. The van der Waals surface area contributed by atoms with Crippen molar-refractivity contribution in [1.29, 1.82) is 0 Å². The summed E-state index contributed by atoms with van der Waals surface area (Å²) in [5.41, 5.74) is 2.08. The zero-order valence-corrected chi connectivity index (χ0v) is 17.5. The Balaban J connectivity index is 1.34. The summed E-state index contributed by atoms with van der Waals surface area (Å²) in [6, 6.07) is 9.06. The molecule has 0 bridgehead atoms. The number of aromatic nitrogens is 2. The van der Waals surface area contributed by atoms with Crippen LogP contribution in [0, 0.1) is 6.92 Å². The van der Waals surface area contributed by atoms with Crippen LogP contribution in [0.4, 0.5) is 0 Å². The number of hydrogen-bond donors (Lipinski definition) is 0. The Morgan fingerprint density at radius 3 is 2.53 bits per heavy atom. The fraction of sp³-hybridized carbons (Fsp3) is 0.500. The third-order valence-electron chi connectivity index (χ3n) is 5.81. The van der Waals surface area contributed by atoms with E-state index in [0.29, 0.717) is 49.9 Å². The first-order valence-corrected chi connectivity index (χ1v) is 10.4. The topological polar surface area (TPSA) is 76.9 Å². The molecule has 2 saturated heterocycles. The molecule has 0 N–H and O–H groups in total. The summed E-state index contributed by atoms with van der Waals surface area (Å²) in [6.07, 6.45) is 1.86. The molecule has 0 aliphatic carbocycles. The number of amides is 2. The minimum Gasteiger partial charge on any atom is -0.491 e. The summed E-state index contributed by atoms with van der Waals surface area (Å²) in [6.45, 7) is 5.49. The van der Waals surface area contributed by atoms with Gasteiger partial charge < -0.3 is 19.3 Å². The third kappa shape index (κ3) is 4.33. The highest BCUT2D eigenvalue weighted by Crippen LogP contribution is 2.22. The van der Waals surface area contributed by atoms with Crippen molar-refractivity contribution in [2.24, 2.45) is 7.05 Å². The van der Waals surface area contributed by atoms with Gasteiger partial charge in [0.1, 0.15) is 12.4 Å². The first kappa shape index (κ1) is 20.4. The molecule has 2 fully saturated rings. The molecule has 3 heterocycles. The summed E-state index contributed by atoms with van der Waals surface area (Å²) in [5.74, 6) is 0.667. The number of carbonyl (C=O) groups is 2. The zero-order valence-electron chi connectivity index (χ0n) is 17.5. The maximum Gasteiger partial charge on any atom is 0.274 e. The molecule has 1 atom stereocenters. The minimum absolute atomic E-state index is 0.0167. The summed E-state index contributed by atoms with van der Waals surface area (Å²) in [5, 5.41) is 4.31. The van der Waals surface area contributed by atoms with Crippen molar-refractivity contribution in [2.75, 3.05) is 39.5 Å². The van der Waals surface area contributed by atoms with E-state index in [1.54, 1.807) is 21.7 Å². The first-order chi connectivity index (χ1) is 14.5. The zero-order chi connectivity index (χ0) is 21.1. The molecule has 0 spiro atoms. The number of benzene rings is 1. The molecule has 0 saturated carbocycles. The lowest BCUT2D eigenvalue weighted by molar-refractivity contribution is 0.0303. The Kier molecular flexibility index (Phi) is 6.03. The number of ether oxygens (including phenoxy) is 2. The van der Waals surface area contributed by atoms with Crippen molar-refractivity contribution >= 4 is 11.8 Å². The van der Waals surface area contributed by atoms with Crippen molar-refractivity contribution in [3.8, 4) is 5.75 Å². The van der Waals surface area contributed by atoms with E-state index in [0.717, 1.165) is 25.1 Å². The average molecular weight is 412 g/mol. The van der Waals surface area contributed by atoms with Crippen molar-refractivity contribution < 1.29 is 19.1 Å². The van der Waals surface area contributed by atoms with Gasteiger partial charge in [-0.05, 0) is 50.1 Å². The first-order valence-electron chi connectivity index (χ1n) is 10.4. The Bertz CT molecular complexity index is 883. The number of carbonyl (C=O) groups excluding carboxylic acids is 2. The monoisotopic (exact) mass is 412 g/mol. The van der Waals surface area contributed by atoms with Gasteiger partial charge in [-0.3, -0.25) is 14.3 Å². The summed E-state index contributed by atoms with van der Waals surface area (Å²) < 4.78 is 13.0. The second kappa shape index (κ2) is 8.87. The molecule has 4 rings (SSSR count). The summed E-state index contributed by atoms with van der Waals surface area (Å²) in [7, 11) is 1.84. The van der Waals surface area contributed by atoms with E-state index in [2.05, 4.69) is 5.10 Å². The average Bonchev–Trinajstić information content (AvgIpc) is 3.38. The van der Waals surface area contributed by atoms with E-state index in [4.69, 9.17) is 9.47 Å². The number of likely N-dealkylation sites (tertiary alicyclic amines) is 1. The normalized spacial score (nSPS) is 19.2. The van der Waals surface area contributed by atoms with Crippen LogP contribution in [0.25, 0.3) is 0 Å². The predicted octanol–water partition coefficient (Wildman–Crippen LogP) is 1.88. The van der Waals surface area contributed by atoms with Gasteiger partial charge in [0.25, 0.3) is 11.8 Å². The lowest BCUT2D eigenvalue weighted by Gasteiger charge is -2.27. The maximum absolute atomic E-state index is 12.8. The highest BCUT2D eigenvalue weighted by atomic mass is 16.5. The summed E-state index contributed by atoms with van der Waals surface area (Å²) in [4.78, 5) is 29.0. The molecule has 2 aliphatic rings. The highest BCUT2D eigenvalue weighted by molar-refractivity contribution is 5.94. The van der Waals surface area contributed by atoms with Crippen LogP contribution in [0.5, 0.6) is 5.75 Å². The molecule has 1 unspecified atom stereocenters. The van der Waals surface area contributed by atoms with E-state index < -0.39 is 0 Å². The van der Waals surface area contributed by atoms with Crippen LogP contribution >= 0.6 is 0 Å². The number of nitrogens with zero attached hydrogens (tertiary/aromatic N) is 4. The van der Waals surface area contributed by atoms with Gasteiger partial charge in [-0.2, -0.15) is 5.10 Å². The second-order valence-corrected chi connectivity index (χ2v) is 7.83. The van der Waals surface area contributed by atoms with Crippen molar-refractivity contribution in [3.63, 3.8) is 0 Å². The van der Waals surface area contributed by atoms with Gasteiger partial charge in [0.05, 0.1) is 19.3 Å². The molecule has 30 heavy (non-hydrogen) atoms. The summed E-state index contributed by atoms with van der Waals surface area (Å²) >= 11 is 0. The van der Waals surface area contributed by atoms with Crippen LogP contribution < -0.4 is 4.74 Å². The van der Waals surface area contributed by atoms with Gasteiger partial charge in [-0.25, -0.2) is 0 Å². The molecule has 1 aromatic heterocycles. The Morgan fingerprint density at radius 1 is 1.13 bits per heavy atom. The third-order valence-corrected chi connectivity index (χ3v) is 5.81. The number of rotatable bonds is 5. The van der Waals surface area contributed by atoms with E-state index in [9.17, 15) is 9.59 Å². The maximum atomic E-state index is 12.8. The van der Waals surface area contributed by atoms with Gasteiger partial charge >= 0.3 is 0 Å². The van der Waals surface area contributed by atoms with Gasteiger partial charge in [0.15, 0.2) is 5.69 Å². The fourth-order valence-electron chi connectivity index (χ4n) is 3.92. The number of hydrogen-bond acceptors (Lipinski definition) is 5. The molecule has 2 amide bonds. The molecule has 8 nitrogen and oxygen atoms in total. The SMILES string of the molecule is Cc1cc(C(=O)N2CCCC2COc2ccc(C(=O)N3CCOCC3)cc2)nn1C. The quantitative estimate of drug-likeness (QED) is 0.750. The number of aryl methyl sites for hydroxylation is 2. The lowest BCUT2D eigenvalue weighted by atomic mass is 10.2. The largest absolute Gasteiger partial charge is 0.491 e. The fourth-order valence-corrected chi connectivity index (χ4v) is 3.92. The number of morpholine rings is 1. The van der Waals surface area contributed by atoms with Gasteiger partial charge in [0, 0.05) is 37.9 Å². The van der Waals surface area contributed by atoms with Gasteiger partial charge in [0.2, 0.25) is 0 Å². The van der Waals surface area contributed by atoms with Crippen LogP contribution in [0.1, 0.15) is 39.4 Å². The van der Waals surface area contributed by atoms with Crippen molar-refractivity contribution in [1.82, 2.24) is 19.6 Å². The van der Waals surface area contributed by atoms with Gasteiger partial charge in [-0.1, -0.05) is 0 Å². The van der Waals surface area contributed by atoms with Gasteiger partial charge in [-0.15, -0.1) is 0 Å². The van der Waals surface area contributed by atoms with Crippen molar-refractivity contribution in [3.05, 3.63) is 47.3 Å². The standard InChI is InChI=1S/C22H28N4O4/c1-16-14-20(23-24(16)2)22(28)26-9-3-4-18(26)15-30-19-7-5-17(6-8-19)21(27)25-10-12-29-13-11-25/h5-8,14,18H,3-4,9-13,15H2,1-2H3. The van der Waals surface area contributed by atoms with E-state index in [1.807, 2.05) is 37.1 Å². The highest BCUT2D eigenvalue weighted by Gasteiger charge is 2.31. The predicted molar refractivity (Wildman–Crippen MR) is 111 cm³/mol. The second-order valence-electron chi connectivity index (χ2n) is 7.83. The van der Waals surface area contributed by atoms with E-state index in [-0.39, 0.29) is 17.9 Å². The minimum atomic E-state index is -0.0451. The Morgan fingerprint density at radius 2 is 1.87 bits per heavy atom. The Labute approximate surface area is 176 Å². The smallest absolute Gasteiger partial charge is 0.274 e. The Hall–Kier alpha value is -2.87.